The molecule has 1 saturated heterocycles. The van der Waals surface area contributed by atoms with Crippen molar-refractivity contribution >= 4 is 0 Å². The number of likely N-dealkylation sites (N-methyl/N-ethyl adjacent to an activating group) is 1. The molecule has 0 bridgehead atoms. The lowest BCUT2D eigenvalue weighted by Crippen LogP contribution is -2.44. The van der Waals surface area contributed by atoms with Gasteiger partial charge in [0.05, 0.1) is 6.54 Å². The smallest absolute Gasteiger partial charge is 0.120 e. The van der Waals surface area contributed by atoms with E-state index in [0.717, 1.165) is 24.6 Å². The van der Waals surface area contributed by atoms with Gasteiger partial charge in [-0.2, -0.15) is 0 Å². The molecule has 1 atom stereocenters. The minimum atomic E-state index is 0.699. The topological polar surface area (TPSA) is 35.2 Å². The monoisotopic (exact) mass is 222 g/mol. The molecule has 4 nitrogen and oxygen atoms in total. The van der Waals surface area contributed by atoms with E-state index in [-0.39, 0.29) is 0 Å². The Hall–Kier alpha value is -0.870. The van der Waals surface area contributed by atoms with Crippen LogP contribution in [0.1, 0.15) is 24.4 Å². The van der Waals surface area contributed by atoms with E-state index in [1.807, 2.05) is 6.20 Å². The van der Waals surface area contributed by atoms with Crippen molar-refractivity contribution in [3.8, 4) is 0 Å². The summed E-state index contributed by atoms with van der Waals surface area (Å²) >= 11 is 0. The summed E-state index contributed by atoms with van der Waals surface area (Å²) < 4.78 is 0. The number of hydrogen-bond donors (Lipinski definition) is 1. The number of nitrogens with one attached hydrogen (secondary N) is 1. The van der Waals surface area contributed by atoms with Gasteiger partial charge in [0, 0.05) is 24.5 Å². The average molecular weight is 222 g/mol. The normalized spacial score (nSPS) is 22.9. The van der Waals surface area contributed by atoms with Gasteiger partial charge in [-0.05, 0) is 40.4 Å². The number of H-pyrrole nitrogens is 1. The van der Waals surface area contributed by atoms with Crippen LogP contribution in [0.25, 0.3) is 0 Å². The number of aromatic amines is 1. The minimum Gasteiger partial charge on any atom is -0.345 e. The van der Waals surface area contributed by atoms with Crippen LogP contribution in [-0.2, 0) is 6.54 Å². The van der Waals surface area contributed by atoms with Gasteiger partial charge in [0.1, 0.15) is 5.82 Å². The molecule has 0 radical (unpaired) electrons. The van der Waals surface area contributed by atoms with Gasteiger partial charge in [-0.25, -0.2) is 4.98 Å². The van der Waals surface area contributed by atoms with Crippen LogP contribution in [-0.4, -0.2) is 53.0 Å². The fourth-order valence-electron chi connectivity index (χ4n) is 2.36. The molecule has 0 amide bonds. The maximum Gasteiger partial charge on any atom is 0.120 e. The van der Waals surface area contributed by atoms with Crippen molar-refractivity contribution in [2.75, 3.05) is 27.2 Å². The summed E-state index contributed by atoms with van der Waals surface area (Å²) in [6.07, 6.45) is 4.52. The molecule has 2 rings (SSSR count). The average Bonchev–Trinajstić information content (AvgIpc) is 2.64. The summed E-state index contributed by atoms with van der Waals surface area (Å²) in [4.78, 5) is 12.5. The van der Waals surface area contributed by atoms with Crippen molar-refractivity contribution < 1.29 is 0 Å². The van der Waals surface area contributed by atoms with Crippen molar-refractivity contribution in [2.45, 2.75) is 32.4 Å². The number of piperidine rings is 1. The fraction of sp³-hybridized carbons (Fsp3) is 0.750. The molecule has 0 saturated carbocycles. The lowest BCUT2D eigenvalue weighted by atomic mass is 10.1. The number of nitrogens with zero attached hydrogens (tertiary/aromatic N) is 3. The maximum absolute atomic E-state index is 4.37. The molecule has 4 heteroatoms. The van der Waals surface area contributed by atoms with E-state index in [0.29, 0.717) is 6.04 Å². The fourth-order valence-corrected chi connectivity index (χ4v) is 2.36. The molecule has 1 unspecified atom stereocenters. The highest BCUT2D eigenvalue weighted by Crippen LogP contribution is 2.15. The van der Waals surface area contributed by atoms with Gasteiger partial charge >= 0.3 is 0 Å². The molecule has 1 aromatic rings. The third-order valence-electron chi connectivity index (χ3n) is 3.34. The number of hydrogen-bond acceptors (Lipinski definition) is 3. The zero-order valence-electron chi connectivity index (χ0n) is 10.5. The molecule has 16 heavy (non-hydrogen) atoms. The maximum atomic E-state index is 4.37. The second-order valence-corrected chi connectivity index (χ2v) is 5.01. The van der Waals surface area contributed by atoms with Crippen LogP contribution in [0, 0.1) is 6.92 Å². The van der Waals surface area contributed by atoms with Crippen molar-refractivity contribution in [3.05, 3.63) is 17.7 Å². The predicted octanol–water partition coefficient (Wildman–Crippen LogP) is 1.24. The van der Waals surface area contributed by atoms with Crippen LogP contribution in [0.2, 0.25) is 0 Å². The van der Waals surface area contributed by atoms with Crippen LogP contribution >= 0.6 is 0 Å². The van der Waals surface area contributed by atoms with Gasteiger partial charge in [-0.1, -0.05) is 0 Å². The second-order valence-electron chi connectivity index (χ2n) is 5.01. The van der Waals surface area contributed by atoms with Crippen molar-refractivity contribution in [1.29, 1.82) is 0 Å². The van der Waals surface area contributed by atoms with E-state index in [9.17, 15) is 0 Å². The molecular weight excluding hydrogens is 200 g/mol. The first-order chi connectivity index (χ1) is 7.65. The second kappa shape index (κ2) is 4.97. The number of likely N-dealkylation sites (tertiary alicyclic amines) is 1. The first-order valence-electron chi connectivity index (χ1n) is 6.04. The highest BCUT2D eigenvalue weighted by molar-refractivity contribution is 4.98. The van der Waals surface area contributed by atoms with E-state index in [1.165, 1.54) is 19.4 Å². The molecule has 2 heterocycles. The van der Waals surface area contributed by atoms with Crippen LogP contribution in [0.5, 0.6) is 0 Å². The summed E-state index contributed by atoms with van der Waals surface area (Å²) in [6.45, 7) is 5.37. The zero-order chi connectivity index (χ0) is 11.5. The first kappa shape index (κ1) is 11.6. The van der Waals surface area contributed by atoms with Gasteiger partial charge in [0.2, 0.25) is 0 Å². The third-order valence-corrected chi connectivity index (χ3v) is 3.34. The van der Waals surface area contributed by atoms with Gasteiger partial charge in [-0.3, -0.25) is 4.90 Å². The highest BCUT2D eigenvalue weighted by Gasteiger charge is 2.21. The molecule has 1 N–H and O–H groups in total. The summed E-state index contributed by atoms with van der Waals surface area (Å²) in [5.41, 5.74) is 1.15. The molecule has 1 aromatic heterocycles. The summed E-state index contributed by atoms with van der Waals surface area (Å²) in [6, 6.07) is 0.699. The molecule has 90 valence electrons. The highest BCUT2D eigenvalue weighted by atomic mass is 15.2. The Morgan fingerprint density at radius 3 is 3.00 bits per heavy atom. The van der Waals surface area contributed by atoms with Crippen LogP contribution in [0.3, 0.4) is 0 Å². The molecule has 1 aliphatic rings. The third kappa shape index (κ3) is 2.83. The van der Waals surface area contributed by atoms with Crippen LogP contribution < -0.4 is 0 Å². The molecular formula is C12H22N4. The largest absolute Gasteiger partial charge is 0.345 e. The molecule has 0 spiro atoms. The van der Waals surface area contributed by atoms with E-state index in [1.54, 1.807) is 0 Å². The zero-order valence-corrected chi connectivity index (χ0v) is 10.5. The quantitative estimate of drug-likeness (QED) is 0.836. The van der Waals surface area contributed by atoms with Gasteiger partial charge < -0.3 is 9.88 Å². The Morgan fingerprint density at radius 1 is 1.56 bits per heavy atom. The van der Waals surface area contributed by atoms with Gasteiger partial charge in [0.25, 0.3) is 0 Å². The van der Waals surface area contributed by atoms with Crippen LogP contribution in [0.4, 0.5) is 0 Å². The van der Waals surface area contributed by atoms with E-state index < -0.39 is 0 Å². The Kier molecular flexibility index (Phi) is 3.61. The van der Waals surface area contributed by atoms with Crippen molar-refractivity contribution in [1.82, 2.24) is 19.8 Å². The number of rotatable bonds is 3. The standard InChI is InChI=1S/C12H22N4/c1-10-7-13-12(14-10)9-16-6-4-5-11(8-16)15(2)3/h7,11H,4-6,8-9H2,1-3H3,(H,13,14). The minimum absolute atomic E-state index is 0.699. The molecule has 1 fully saturated rings. The van der Waals surface area contributed by atoms with Crippen molar-refractivity contribution in [2.24, 2.45) is 0 Å². The van der Waals surface area contributed by atoms with Gasteiger partial charge in [0.15, 0.2) is 0 Å². The molecule has 1 aliphatic heterocycles. The van der Waals surface area contributed by atoms with E-state index in [4.69, 9.17) is 0 Å². The Labute approximate surface area is 97.7 Å². The number of aromatic nitrogens is 2. The number of aryl methyl sites for hydroxylation is 1. The Bertz CT molecular complexity index is 332. The summed E-state index contributed by atoms with van der Waals surface area (Å²) in [5.74, 6) is 1.09. The Morgan fingerprint density at radius 2 is 2.38 bits per heavy atom. The van der Waals surface area contributed by atoms with E-state index >= 15 is 0 Å². The summed E-state index contributed by atoms with van der Waals surface area (Å²) in [5, 5.41) is 0. The summed E-state index contributed by atoms with van der Waals surface area (Å²) in [7, 11) is 4.34. The lowest BCUT2D eigenvalue weighted by Gasteiger charge is -2.35. The SMILES string of the molecule is Cc1cnc(CN2CCCC(N(C)C)C2)[nH]1. The van der Waals surface area contributed by atoms with Crippen molar-refractivity contribution in [3.63, 3.8) is 0 Å². The van der Waals surface area contributed by atoms with E-state index in [2.05, 4.69) is 40.8 Å². The lowest BCUT2D eigenvalue weighted by molar-refractivity contribution is 0.126. The predicted molar refractivity (Wildman–Crippen MR) is 65.3 cm³/mol. The number of imidazole rings is 1. The molecule has 0 aromatic carbocycles. The molecule has 0 aliphatic carbocycles. The van der Waals surface area contributed by atoms with Crippen LogP contribution in [0.15, 0.2) is 6.20 Å². The Balaban J connectivity index is 1.90. The van der Waals surface area contributed by atoms with Gasteiger partial charge in [-0.15, -0.1) is 0 Å². The first-order valence-corrected chi connectivity index (χ1v) is 6.04.